The molecular weight excluding hydrogens is 294 g/mol. The summed E-state index contributed by atoms with van der Waals surface area (Å²) < 4.78 is 0.981. The molecule has 1 aromatic carbocycles. The fourth-order valence-corrected chi connectivity index (χ4v) is 2.68. The minimum atomic E-state index is -0.216. The fraction of sp³-hybridized carbons (Fsp3) is 0.462. The minimum Gasteiger partial charge on any atom is -0.328 e. The van der Waals surface area contributed by atoms with Crippen molar-refractivity contribution in [2.45, 2.75) is 12.5 Å². The van der Waals surface area contributed by atoms with Gasteiger partial charge in [-0.2, -0.15) is 0 Å². The van der Waals surface area contributed by atoms with Gasteiger partial charge in [-0.3, -0.25) is 9.69 Å². The molecule has 4 nitrogen and oxygen atoms in total. The van der Waals surface area contributed by atoms with Crippen molar-refractivity contribution in [1.82, 2.24) is 4.90 Å². The number of rotatable bonds is 2. The van der Waals surface area contributed by atoms with Gasteiger partial charge >= 0.3 is 0 Å². The molecule has 1 unspecified atom stereocenters. The largest absolute Gasteiger partial charge is 0.328 e. The van der Waals surface area contributed by atoms with E-state index in [0.717, 1.165) is 29.7 Å². The smallest absolute Gasteiger partial charge is 0.245 e. The van der Waals surface area contributed by atoms with Crippen molar-refractivity contribution < 1.29 is 4.79 Å². The van der Waals surface area contributed by atoms with E-state index in [2.05, 4.69) is 15.9 Å². The first-order valence-corrected chi connectivity index (χ1v) is 6.90. The van der Waals surface area contributed by atoms with E-state index in [1.54, 1.807) is 0 Å². The topological polar surface area (TPSA) is 49.6 Å². The fourth-order valence-electron chi connectivity index (χ4n) is 2.29. The summed E-state index contributed by atoms with van der Waals surface area (Å²) in [5.41, 5.74) is 6.66. The molecule has 1 aliphatic heterocycles. The van der Waals surface area contributed by atoms with E-state index in [9.17, 15) is 4.79 Å². The van der Waals surface area contributed by atoms with Crippen LogP contribution in [0.1, 0.15) is 6.42 Å². The van der Waals surface area contributed by atoms with Crippen LogP contribution in [0.4, 0.5) is 5.69 Å². The standard InChI is InChI=1S/C13H18BrN3O/c1-16-6-3-7-17(13(18)12(16)9-15)11-5-2-4-10(14)8-11/h2,4-5,8,12H,3,6-7,9,15H2,1H3. The lowest BCUT2D eigenvalue weighted by Crippen LogP contribution is -2.48. The highest BCUT2D eigenvalue weighted by Crippen LogP contribution is 2.23. The number of carbonyl (C=O) groups is 1. The maximum Gasteiger partial charge on any atom is 0.245 e. The maximum absolute atomic E-state index is 12.5. The third-order valence-electron chi connectivity index (χ3n) is 3.32. The van der Waals surface area contributed by atoms with E-state index in [-0.39, 0.29) is 11.9 Å². The van der Waals surface area contributed by atoms with Crippen LogP contribution in [-0.4, -0.2) is 43.5 Å². The van der Waals surface area contributed by atoms with Gasteiger partial charge in [0.25, 0.3) is 0 Å². The Hall–Kier alpha value is -0.910. The van der Waals surface area contributed by atoms with Crippen molar-refractivity contribution in [2.24, 2.45) is 5.73 Å². The predicted octanol–water partition coefficient (Wildman–Crippen LogP) is 1.44. The first-order chi connectivity index (χ1) is 8.63. The molecule has 0 aromatic heterocycles. The van der Waals surface area contributed by atoms with E-state index >= 15 is 0 Å². The third-order valence-corrected chi connectivity index (χ3v) is 3.81. The van der Waals surface area contributed by atoms with E-state index in [0.29, 0.717) is 6.54 Å². The van der Waals surface area contributed by atoms with Crippen molar-refractivity contribution in [1.29, 1.82) is 0 Å². The van der Waals surface area contributed by atoms with Gasteiger partial charge in [0.2, 0.25) is 5.91 Å². The Balaban J connectivity index is 2.29. The van der Waals surface area contributed by atoms with Gasteiger partial charge in [-0.1, -0.05) is 22.0 Å². The molecule has 5 heteroatoms. The molecule has 0 aliphatic carbocycles. The zero-order chi connectivity index (χ0) is 13.1. The average molecular weight is 312 g/mol. The molecule has 98 valence electrons. The molecule has 1 atom stereocenters. The van der Waals surface area contributed by atoms with Gasteiger partial charge in [0.05, 0.1) is 0 Å². The lowest BCUT2D eigenvalue weighted by atomic mass is 10.2. The number of benzene rings is 1. The first kappa shape index (κ1) is 13.5. The summed E-state index contributed by atoms with van der Waals surface area (Å²) in [7, 11) is 1.96. The highest BCUT2D eigenvalue weighted by Gasteiger charge is 2.30. The number of carbonyl (C=O) groups excluding carboxylic acids is 1. The number of hydrogen-bond acceptors (Lipinski definition) is 3. The maximum atomic E-state index is 12.5. The number of amides is 1. The summed E-state index contributed by atoms with van der Waals surface area (Å²) in [5.74, 6) is 0.0931. The molecule has 1 amide bonds. The first-order valence-electron chi connectivity index (χ1n) is 6.10. The van der Waals surface area contributed by atoms with Crippen molar-refractivity contribution in [3.05, 3.63) is 28.7 Å². The van der Waals surface area contributed by atoms with E-state index in [1.165, 1.54) is 0 Å². The second-order valence-corrected chi connectivity index (χ2v) is 5.47. The minimum absolute atomic E-state index is 0.0931. The van der Waals surface area contributed by atoms with Crippen LogP contribution < -0.4 is 10.6 Å². The Labute approximate surface area is 116 Å². The van der Waals surface area contributed by atoms with Crippen LogP contribution in [0.15, 0.2) is 28.7 Å². The Bertz CT molecular complexity index is 438. The van der Waals surface area contributed by atoms with E-state index in [4.69, 9.17) is 5.73 Å². The van der Waals surface area contributed by atoms with Crippen LogP contribution >= 0.6 is 15.9 Å². The number of hydrogen-bond donors (Lipinski definition) is 1. The predicted molar refractivity (Wildman–Crippen MR) is 76.6 cm³/mol. The van der Waals surface area contributed by atoms with Crippen molar-refractivity contribution in [3.63, 3.8) is 0 Å². The summed E-state index contributed by atoms with van der Waals surface area (Å²) in [6, 6.07) is 7.61. The lowest BCUT2D eigenvalue weighted by molar-refractivity contribution is -0.122. The molecular formula is C13H18BrN3O. The van der Waals surface area contributed by atoms with Crippen molar-refractivity contribution in [3.8, 4) is 0 Å². The quantitative estimate of drug-likeness (QED) is 0.899. The molecule has 2 rings (SSSR count). The van der Waals surface area contributed by atoms with Crippen LogP contribution in [0, 0.1) is 0 Å². The molecule has 0 saturated carbocycles. The van der Waals surface area contributed by atoms with Crippen LogP contribution in [0.3, 0.4) is 0 Å². The van der Waals surface area contributed by atoms with Gasteiger partial charge in [-0.15, -0.1) is 0 Å². The van der Waals surface area contributed by atoms with E-state index < -0.39 is 0 Å². The Morgan fingerprint density at radius 2 is 2.22 bits per heavy atom. The summed E-state index contributed by atoms with van der Waals surface area (Å²) >= 11 is 3.44. The Morgan fingerprint density at radius 1 is 1.44 bits per heavy atom. The highest BCUT2D eigenvalue weighted by atomic mass is 79.9. The molecule has 0 spiro atoms. The van der Waals surface area contributed by atoms with Crippen LogP contribution in [0.2, 0.25) is 0 Å². The molecule has 0 radical (unpaired) electrons. The van der Waals surface area contributed by atoms with Gasteiger partial charge in [-0.25, -0.2) is 0 Å². The third kappa shape index (κ3) is 2.74. The van der Waals surface area contributed by atoms with Gasteiger partial charge < -0.3 is 10.6 Å². The summed E-state index contributed by atoms with van der Waals surface area (Å²) in [6.07, 6.45) is 0.964. The molecule has 1 fully saturated rings. The van der Waals surface area contributed by atoms with Crippen LogP contribution in [0.25, 0.3) is 0 Å². The Morgan fingerprint density at radius 3 is 2.89 bits per heavy atom. The van der Waals surface area contributed by atoms with Gasteiger partial charge in [0.1, 0.15) is 6.04 Å². The highest BCUT2D eigenvalue weighted by molar-refractivity contribution is 9.10. The average Bonchev–Trinajstić information content (AvgIpc) is 2.48. The molecule has 1 aromatic rings. The Kier molecular flexibility index (Phi) is 4.37. The number of nitrogens with two attached hydrogens (primary N) is 1. The molecule has 1 heterocycles. The van der Waals surface area contributed by atoms with Crippen LogP contribution in [-0.2, 0) is 4.79 Å². The second-order valence-electron chi connectivity index (χ2n) is 4.56. The zero-order valence-electron chi connectivity index (χ0n) is 10.5. The SMILES string of the molecule is CN1CCCN(c2cccc(Br)c2)C(=O)C1CN. The summed E-state index contributed by atoms with van der Waals surface area (Å²) in [4.78, 5) is 16.4. The van der Waals surface area contributed by atoms with Gasteiger partial charge in [-0.05, 0) is 31.7 Å². The van der Waals surface area contributed by atoms with Gasteiger partial charge in [0.15, 0.2) is 0 Å². The molecule has 2 N–H and O–H groups in total. The molecule has 18 heavy (non-hydrogen) atoms. The van der Waals surface area contributed by atoms with E-state index in [1.807, 2.05) is 41.1 Å². The normalized spacial score (nSPS) is 22.1. The summed E-state index contributed by atoms with van der Waals surface area (Å²) in [5, 5.41) is 0. The number of halogens is 1. The number of nitrogens with zero attached hydrogens (tertiary/aromatic N) is 2. The zero-order valence-corrected chi connectivity index (χ0v) is 12.1. The molecule has 0 bridgehead atoms. The summed E-state index contributed by atoms with van der Waals surface area (Å²) in [6.45, 7) is 2.01. The van der Waals surface area contributed by atoms with Gasteiger partial charge in [0, 0.05) is 29.8 Å². The monoisotopic (exact) mass is 311 g/mol. The second kappa shape index (κ2) is 5.82. The van der Waals surface area contributed by atoms with Crippen molar-refractivity contribution >= 4 is 27.5 Å². The number of anilines is 1. The van der Waals surface area contributed by atoms with Crippen LogP contribution in [0.5, 0.6) is 0 Å². The lowest BCUT2D eigenvalue weighted by Gasteiger charge is -2.27. The molecule has 1 saturated heterocycles. The van der Waals surface area contributed by atoms with Crippen molar-refractivity contribution in [2.75, 3.05) is 31.6 Å². The molecule has 1 aliphatic rings. The number of likely N-dealkylation sites (N-methyl/N-ethyl adjacent to an activating group) is 1.